The van der Waals surface area contributed by atoms with Gasteiger partial charge in [-0.15, -0.1) is 0 Å². The Balaban J connectivity index is 1.59. The van der Waals surface area contributed by atoms with Crippen LogP contribution in [0.1, 0.15) is 16.7 Å². The number of amides is 1. The van der Waals surface area contributed by atoms with Crippen LogP contribution in [0, 0.1) is 17.0 Å². The maximum Gasteiger partial charge on any atom is 0.416 e. The first kappa shape index (κ1) is 25.9. The molecule has 0 atom stereocenters. The number of anilines is 1. The molecule has 3 aromatic carbocycles. The van der Waals surface area contributed by atoms with Crippen molar-refractivity contribution < 1.29 is 27.6 Å². The molecule has 0 saturated carbocycles. The molecule has 1 saturated heterocycles. The van der Waals surface area contributed by atoms with Crippen LogP contribution < -0.4 is 9.64 Å². The normalized spacial score (nSPS) is 15.0. The van der Waals surface area contributed by atoms with E-state index in [1.807, 2.05) is 25.1 Å². The van der Waals surface area contributed by atoms with Crippen molar-refractivity contribution in [1.82, 2.24) is 0 Å². The van der Waals surface area contributed by atoms with Crippen molar-refractivity contribution in [3.8, 4) is 11.5 Å². The largest absolute Gasteiger partial charge is 0.449 e. The molecule has 1 aliphatic heterocycles. The molecule has 1 fully saturated rings. The van der Waals surface area contributed by atoms with Crippen LogP contribution in [-0.4, -0.2) is 15.2 Å². The van der Waals surface area contributed by atoms with E-state index in [-0.39, 0.29) is 17.4 Å². The van der Waals surface area contributed by atoms with Crippen molar-refractivity contribution in [1.29, 1.82) is 0 Å². The summed E-state index contributed by atoms with van der Waals surface area (Å²) in [5, 5.41) is 11.3. The van der Waals surface area contributed by atoms with Gasteiger partial charge in [0.05, 0.1) is 25.6 Å². The van der Waals surface area contributed by atoms with Gasteiger partial charge in [-0.1, -0.05) is 42.2 Å². The van der Waals surface area contributed by atoms with Gasteiger partial charge in [0.1, 0.15) is 5.75 Å². The molecule has 184 valence electrons. The number of thioether (sulfide) groups is 1. The molecule has 12 heteroatoms. The molecular weight excluding hydrogens is 581 g/mol. The van der Waals surface area contributed by atoms with Crippen molar-refractivity contribution in [2.45, 2.75) is 13.1 Å². The number of nitrogens with zero attached hydrogens (tertiary/aromatic N) is 2. The molecule has 0 radical (unpaired) electrons. The van der Waals surface area contributed by atoms with Crippen LogP contribution in [0.2, 0.25) is 0 Å². The van der Waals surface area contributed by atoms with Crippen LogP contribution in [0.15, 0.2) is 70.0 Å². The number of rotatable bonds is 5. The van der Waals surface area contributed by atoms with Gasteiger partial charge in [0, 0.05) is 6.07 Å². The summed E-state index contributed by atoms with van der Waals surface area (Å²) in [5.41, 5.74) is 0.294. The van der Waals surface area contributed by atoms with Gasteiger partial charge in [0.15, 0.2) is 4.32 Å². The number of hydrogen-bond acceptors (Lipinski definition) is 6. The van der Waals surface area contributed by atoms with Gasteiger partial charge in [0.2, 0.25) is 5.75 Å². The third-order valence-corrected chi connectivity index (χ3v) is 6.93. The van der Waals surface area contributed by atoms with Crippen molar-refractivity contribution in [2.75, 3.05) is 4.90 Å². The highest BCUT2D eigenvalue weighted by atomic mass is 79.9. The number of nitro benzene ring substituents is 1. The number of carbonyl (C=O) groups excluding carboxylic acids is 1. The number of carbonyl (C=O) groups is 1. The second-order valence-electron chi connectivity index (χ2n) is 7.59. The number of nitro groups is 1. The monoisotopic (exact) mass is 594 g/mol. The van der Waals surface area contributed by atoms with Crippen molar-refractivity contribution in [3.63, 3.8) is 0 Å². The Bertz CT molecular complexity index is 1440. The SMILES string of the molecule is Cc1cccc(N2C(=O)/C(=C/c3ccc(Oc4ccc(C(F)(F)F)cc4[N+](=O)[O-])c(Br)c3)SC2=S)c1. The van der Waals surface area contributed by atoms with E-state index >= 15 is 0 Å². The second kappa shape index (κ2) is 10.0. The molecule has 4 rings (SSSR count). The minimum absolute atomic E-state index is 0.141. The Kier molecular flexibility index (Phi) is 7.21. The number of halogens is 4. The maximum atomic E-state index is 13.0. The second-order valence-corrected chi connectivity index (χ2v) is 10.1. The van der Waals surface area contributed by atoms with Crippen LogP contribution in [-0.2, 0) is 11.0 Å². The van der Waals surface area contributed by atoms with Gasteiger partial charge in [-0.05, 0) is 76.5 Å². The lowest BCUT2D eigenvalue weighted by Crippen LogP contribution is -2.27. The Morgan fingerprint density at radius 1 is 1.11 bits per heavy atom. The lowest BCUT2D eigenvalue weighted by atomic mass is 10.1. The van der Waals surface area contributed by atoms with Crippen molar-refractivity contribution >= 4 is 67.6 Å². The lowest BCUT2D eigenvalue weighted by molar-refractivity contribution is -0.385. The molecule has 0 aromatic heterocycles. The highest BCUT2D eigenvalue weighted by Crippen LogP contribution is 2.41. The summed E-state index contributed by atoms with van der Waals surface area (Å²) in [7, 11) is 0. The highest BCUT2D eigenvalue weighted by Gasteiger charge is 2.34. The molecule has 0 aliphatic carbocycles. The Hall–Kier alpha value is -3.22. The number of ether oxygens (including phenoxy) is 1. The maximum absolute atomic E-state index is 13.0. The van der Waals surface area contributed by atoms with Gasteiger partial charge in [-0.25, -0.2) is 0 Å². The minimum atomic E-state index is -4.73. The Morgan fingerprint density at radius 3 is 2.47 bits per heavy atom. The molecule has 1 amide bonds. The molecule has 1 heterocycles. The van der Waals surface area contributed by atoms with E-state index in [1.54, 1.807) is 24.3 Å². The van der Waals surface area contributed by atoms with E-state index in [0.717, 1.165) is 23.4 Å². The summed E-state index contributed by atoms with van der Waals surface area (Å²) >= 11 is 9.86. The van der Waals surface area contributed by atoms with E-state index in [2.05, 4.69) is 15.9 Å². The van der Waals surface area contributed by atoms with E-state index in [1.165, 1.54) is 11.0 Å². The predicted octanol–water partition coefficient (Wildman–Crippen LogP) is 7.88. The first-order chi connectivity index (χ1) is 16.9. The molecule has 0 N–H and O–H groups in total. The van der Waals surface area contributed by atoms with E-state index in [4.69, 9.17) is 17.0 Å². The Morgan fingerprint density at radius 2 is 1.83 bits per heavy atom. The number of thiocarbonyl (C=S) groups is 1. The molecular formula is C24H14BrF3N2O4S2. The average Bonchev–Trinajstić information content (AvgIpc) is 3.07. The molecule has 1 aliphatic rings. The van der Waals surface area contributed by atoms with E-state index in [9.17, 15) is 28.1 Å². The van der Waals surface area contributed by atoms with E-state index < -0.39 is 22.4 Å². The van der Waals surface area contributed by atoms with Gasteiger partial charge in [-0.3, -0.25) is 19.8 Å². The fourth-order valence-corrected chi connectivity index (χ4v) is 5.12. The van der Waals surface area contributed by atoms with Crippen LogP contribution in [0.4, 0.5) is 24.5 Å². The molecule has 36 heavy (non-hydrogen) atoms. The van der Waals surface area contributed by atoms with E-state index in [0.29, 0.717) is 37.1 Å². The van der Waals surface area contributed by atoms with Gasteiger partial charge in [0.25, 0.3) is 5.91 Å². The number of aryl methyl sites for hydroxylation is 1. The number of hydrogen-bond donors (Lipinski definition) is 0. The summed E-state index contributed by atoms with van der Waals surface area (Å²) in [5.74, 6) is -0.477. The zero-order valence-electron chi connectivity index (χ0n) is 18.2. The summed E-state index contributed by atoms with van der Waals surface area (Å²) in [6, 6.07) is 14.1. The standard InChI is InChI=1S/C24H14BrF3N2O4S2/c1-13-3-2-4-16(9-13)29-22(31)21(36-23(29)35)11-14-5-7-19(17(25)10-14)34-20-8-6-15(24(26,27)28)12-18(20)30(32)33/h2-12H,1H3/b21-11-. The van der Waals surface area contributed by atoms with Crippen LogP contribution in [0.3, 0.4) is 0 Å². The molecule has 3 aromatic rings. The molecule has 0 unspecified atom stereocenters. The van der Waals surface area contributed by atoms with Gasteiger partial charge >= 0.3 is 11.9 Å². The molecule has 0 bridgehead atoms. The van der Waals surface area contributed by atoms with Crippen molar-refractivity contribution in [2.24, 2.45) is 0 Å². The third-order valence-electron chi connectivity index (χ3n) is 5.01. The summed E-state index contributed by atoms with van der Waals surface area (Å²) in [4.78, 5) is 25.2. The topological polar surface area (TPSA) is 72.7 Å². The molecule has 6 nitrogen and oxygen atoms in total. The fourth-order valence-electron chi connectivity index (χ4n) is 3.34. The lowest BCUT2D eigenvalue weighted by Gasteiger charge is -2.14. The average molecular weight is 595 g/mol. The number of benzene rings is 3. The van der Waals surface area contributed by atoms with Crippen LogP contribution in [0.25, 0.3) is 6.08 Å². The Labute approximate surface area is 221 Å². The molecule has 0 spiro atoms. The van der Waals surface area contributed by atoms with Gasteiger partial charge in [-0.2, -0.15) is 13.2 Å². The summed E-state index contributed by atoms with van der Waals surface area (Å²) < 4.78 is 45.1. The van der Waals surface area contributed by atoms with Crippen LogP contribution >= 0.6 is 39.9 Å². The van der Waals surface area contributed by atoms with Crippen molar-refractivity contribution in [3.05, 3.63) is 96.8 Å². The zero-order valence-corrected chi connectivity index (χ0v) is 21.4. The highest BCUT2D eigenvalue weighted by molar-refractivity contribution is 9.10. The van der Waals surface area contributed by atoms with Gasteiger partial charge < -0.3 is 4.74 Å². The number of alkyl halides is 3. The summed E-state index contributed by atoms with van der Waals surface area (Å²) in [6.45, 7) is 1.91. The quantitative estimate of drug-likeness (QED) is 0.129. The zero-order chi connectivity index (χ0) is 26.2. The minimum Gasteiger partial charge on any atom is -0.449 e. The van der Waals surface area contributed by atoms with Crippen LogP contribution in [0.5, 0.6) is 11.5 Å². The third kappa shape index (κ3) is 5.45. The predicted molar refractivity (Wildman–Crippen MR) is 139 cm³/mol. The fraction of sp³-hybridized carbons (Fsp3) is 0.0833. The first-order valence-corrected chi connectivity index (χ1v) is 12.1. The smallest absolute Gasteiger partial charge is 0.416 e. The first-order valence-electron chi connectivity index (χ1n) is 10.1. The summed E-state index contributed by atoms with van der Waals surface area (Å²) in [6.07, 6.45) is -3.09.